The fourth-order valence-electron chi connectivity index (χ4n) is 4.78. The molecule has 0 amide bonds. The zero-order valence-electron chi connectivity index (χ0n) is 19.0. The Bertz CT molecular complexity index is 1390. The summed E-state index contributed by atoms with van der Waals surface area (Å²) in [4.78, 5) is 11.1. The molecule has 0 aliphatic heterocycles. The molecule has 1 aliphatic carbocycles. The first-order chi connectivity index (χ1) is 16.4. The summed E-state index contributed by atoms with van der Waals surface area (Å²) in [6.07, 6.45) is 3.58. The number of hydrogen-bond acceptors (Lipinski definition) is 5. The first kappa shape index (κ1) is 21.8. The van der Waals surface area contributed by atoms with Gasteiger partial charge in [-0.3, -0.25) is 9.48 Å². The second kappa shape index (κ2) is 8.74. The van der Waals surface area contributed by atoms with E-state index in [0.29, 0.717) is 24.3 Å². The average molecular weight is 458 g/mol. The highest BCUT2D eigenvalue weighted by Crippen LogP contribution is 2.40. The Hall–Kier alpha value is -4.00. The van der Waals surface area contributed by atoms with Crippen molar-refractivity contribution in [3.63, 3.8) is 0 Å². The lowest BCUT2D eigenvalue weighted by molar-refractivity contribution is -0.136. The summed E-state index contributed by atoms with van der Waals surface area (Å²) in [7, 11) is 0. The van der Waals surface area contributed by atoms with Gasteiger partial charge in [-0.15, -0.1) is 0 Å². The lowest BCUT2D eigenvalue weighted by Gasteiger charge is -2.20. The molecule has 1 aromatic heterocycles. The summed E-state index contributed by atoms with van der Waals surface area (Å²) in [6.45, 7) is 2.84. The highest BCUT2D eigenvalue weighted by atomic mass is 16.5. The molecular formula is C27H27N3O4. The molecule has 0 saturated heterocycles. The number of nitrogens with two attached hydrogens (primary N) is 1. The SMILES string of the molecule is CCn1ncc2cc(-c3cc(CCC(=O)O)cc(N)c3OC3Cc4ccc(O)cc4C3)ccc21. The van der Waals surface area contributed by atoms with Crippen molar-refractivity contribution in [1.29, 1.82) is 0 Å². The van der Waals surface area contributed by atoms with E-state index >= 15 is 0 Å². The molecule has 0 bridgehead atoms. The number of phenols is 1. The number of aliphatic carboxylic acids is 1. The molecule has 1 unspecified atom stereocenters. The molecule has 0 radical (unpaired) electrons. The average Bonchev–Trinajstić information content (AvgIpc) is 3.41. The van der Waals surface area contributed by atoms with Crippen LogP contribution < -0.4 is 10.5 Å². The van der Waals surface area contributed by atoms with E-state index in [-0.39, 0.29) is 18.3 Å². The predicted octanol–water partition coefficient (Wildman–Crippen LogP) is 4.57. The summed E-state index contributed by atoms with van der Waals surface area (Å²) >= 11 is 0. The number of aromatic nitrogens is 2. The number of aryl methyl sites for hydroxylation is 2. The van der Waals surface area contributed by atoms with E-state index in [4.69, 9.17) is 15.6 Å². The summed E-state index contributed by atoms with van der Waals surface area (Å²) in [6, 6.07) is 15.4. The smallest absolute Gasteiger partial charge is 0.303 e. The standard InChI is InChI=1S/C27H27N3O4/c1-2-30-25-7-5-18(11-20(25)15-29-30)23-9-16(3-8-26(32)33)10-24(28)27(23)34-22-13-17-4-6-21(31)12-19(17)14-22/h4-7,9-12,15,22,31H,2-3,8,13-14,28H2,1H3,(H,32,33). The maximum atomic E-state index is 11.1. The number of carboxylic acid groups (broad SMARTS) is 1. The van der Waals surface area contributed by atoms with Gasteiger partial charge in [0.2, 0.25) is 0 Å². The largest absolute Gasteiger partial charge is 0.508 e. The van der Waals surface area contributed by atoms with Gasteiger partial charge in [0, 0.05) is 36.8 Å². The minimum atomic E-state index is -0.846. The van der Waals surface area contributed by atoms with Crippen molar-refractivity contribution >= 4 is 22.6 Å². The molecule has 1 atom stereocenters. The van der Waals surface area contributed by atoms with Crippen molar-refractivity contribution in [2.24, 2.45) is 0 Å². The Balaban J connectivity index is 1.53. The number of nitrogen functional groups attached to an aromatic ring is 1. The van der Waals surface area contributed by atoms with Crippen LogP contribution in [-0.2, 0) is 30.6 Å². The van der Waals surface area contributed by atoms with Crippen LogP contribution in [-0.4, -0.2) is 32.1 Å². The first-order valence-corrected chi connectivity index (χ1v) is 11.5. The zero-order valence-corrected chi connectivity index (χ0v) is 19.0. The van der Waals surface area contributed by atoms with Crippen LogP contribution in [0.3, 0.4) is 0 Å². The number of rotatable bonds is 7. The number of hydrogen-bond donors (Lipinski definition) is 3. The number of fused-ring (bicyclic) bond motifs is 2. The Labute approximate surface area is 197 Å². The molecule has 7 nitrogen and oxygen atoms in total. The number of benzene rings is 3. The molecule has 0 fully saturated rings. The van der Waals surface area contributed by atoms with Crippen LogP contribution in [0.25, 0.3) is 22.0 Å². The van der Waals surface area contributed by atoms with E-state index in [1.807, 2.05) is 41.2 Å². The molecule has 5 rings (SSSR count). The number of aromatic hydroxyl groups is 1. The Morgan fingerprint density at radius 1 is 1.15 bits per heavy atom. The fraction of sp³-hybridized carbons (Fsp3) is 0.259. The van der Waals surface area contributed by atoms with Gasteiger partial charge < -0.3 is 20.7 Å². The number of carbonyl (C=O) groups is 1. The van der Waals surface area contributed by atoms with Crippen LogP contribution in [0.2, 0.25) is 0 Å². The van der Waals surface area contributed by atoms with Crippen molar-refractivity contribution in [3.05, 3.63) is 71.4 Å². The van der Waals surface area contributed by atoms with Crippen molar-refractivity contribution in [2.45, 2.75) is 45.3 Å². The topological polar surface area (TPSA) is 111 Å². The molecule has 4 aromatic rings. The number of carboxylic acids is 1. The lowest BCUT2D eigenvalue weighted by Crippen LogP contribution is -2.18. The fourth-order valence-corrected chi connectivity index (χ4v) is 4.78. The van der Waals surface area contributed by atoms with Gasteiger partial charge in [-0.2, -0.15) is 5.10 Å². The highest BCUT2D eigenvalue weighted by molar-refractivity contribution is 5.88. The predicted molar refractivity (Wildman–Crippen MR) is 131 cm³/mol. The van der Waals surface area contributed by atoms with Crippen molar-refractivity contribution < 1.29 is 19.7 Å². The summed E-state index contributed by atoms with van der Waals surface area (Å²) in [5.74, 6) is 0.00692. The maximum Gasteiger partial charge on any atom is 0.303 e. The third-order valence-electron chi connectivity index (χ3n) is 6.43. The van der Waals surface area contributed by atoms with Crippen molar-refractivity contribution in [1.82, 2.24) is 9.78 Å². The van der Waals surface area contributed by atoms with Crippen molar-refractivity contribution in [2.75, 3.05) is 5.73 Å². The highest BCUT2D eigenvalue weighted by Gasteiger charge is 2.25. The first-order valence-electron chi connectivity index (χ1n) is 11.5. The molecule has 0 spiro atoms. The minimum Gasteiger partial charge on any atom is -0.508 e. The van der Waals surface area contributed by atoms with Gasteiger partial charge in [0.25, 0.3) is 0 Å². The van der Waals surface area contributed by atoms with Gasteiger partial charge in [0.1, 0.15) is 17.6 Å². The molecule has 1 aliphatic rings. The number of ether oxygens (including phenoxy) is 1. The van der Waals surface area contributed by atoms with E-state index in [0.717, 1.165) is 51.7 Å². The molecule has 0 saturated carbocycles. The maximum absolute atomic E-state index is 11.1. The number of nitrogens with zero attached hydrogens (tertiary/aromatic N) is 2. The summed E-state index contributed by atoms with van der Waals surface area (Å²) < 4.78 is 8.43. The van der Waals surface area contributed by atoms with E-state index < -0.39 is 5.97 Å². The van der Waals surface area contributed by atoms with Gasteiger partial charge in [-0.1, -0.05) is 12.1 Å². The third-order valence-corrected chi connectivity index (χ3v) is 6.43. The Morgan fingerprint density at radius 2 is 1.97 bits per heavy atom. The van der Waals surface area contributed by atoms with E-state index in [2.05, 4.69) is 18.1 Å². The van der Waals surface area contributed by atoms with Gasteiger partial charge in [-0.25, -0.2) is 0 Å². The Kier molecular flexibility index (Phi) is 5.61. The van der Waals surface area contributed by atoms with Crippen molar-refractivity contribution in [3.8, 4) is 22.6 Å². The van der Waals surface area contributed by atoms with Gasteiger partial charge in [-0.05, 0) is 72.0 Å². The lowest BCUT2D eigenvalue weighted by atomic mass is 9.97. The molecule has 7 heteroatoms. The van der Waals surface area contributed by atoms with E-state index in [9.17, 15) is 9.90 Å². The third kappa shape index (κ3) is 4.17. The number of phenolic OH excluding ortho intramolecular Hbond substituents is 1. The zero-order chi connectivity index (χ0) is 23.8. The quantitative estimate of drug-likeness (QED) is 0.351. The monoisotopic (exact) mass is 457 g/mol. The minimum absolute atomic E-state index is 0.0306. The van der Waals surface area contributed by atoms with E-state index in [1.165, 1.54) is 0 Å². The molecule has 3 aromatic carbocycles. The van der Waals surface area contributed by atoms with E-state index in [1.54, 1.807) is 12.1 Å². The Morgan fingerprint density at radius 3 is 2.76 bits per heavy atom. The van der Waals surface area contributed by atoms with Gasteiger partial charge in [0.15, 0.2) is 0 Å². The van der Waals surface area contributed by atoms with Crippen LogP contribution in [0.4, 0.5) is 5.69 Å². The van der Waals surface area contributed by atoms with Crippen LogP contribution in [0.1, 0.15) is 30.0 Å². The second-order valence-electron chi connectivity index (χ2n) is 8.79. The normalized spacial score (nSPS) is 14.9. The van der Waals surface area contributed by atoms with Crippen LogP contribution in [0.5, 0.6) is 11.5 Å². The van der Waals surface area contributed by atoms with Crippen LogP contribution >= 0.6 is 0 Å². The van der Waals surface area contributed by atoms with Gasteiger partial charge in [0.05, 0.1) is 17.4 Å². The molecule has 1 heterocycles. The molecule has 34 heavy (non-hydrogen) atoms. The van der Waals surface area contributed by atoms with Crippen LogP contribution in [0.15, 0.2) is 54.7 Å². The van der Waals surface area contributed by atoms with Crippen LogP contribution in [0, 0.1) is 0 Å². The molecule has 174 valence electrons. The molecule has 4 N–H and O–H groups in total. The summed E-state index contributed by atoms with van der Waals surface area (Å²) in [5.41, 5.74) is 12.9. The van der Waals surface area contributed by atoms with Gasteiger partial charge >= 0.3 is 5.97 Å². The molecular weight excluding hydrogens is 430 g/mol. The second-order valence-corrected chi connectivity index (χ2v) is 8.79. The summed E-state index contributed by atoms with van der Waals surface area (Å²) in [5, 5.41) is 24.4. The number of anilines is 1.